The van der Waals surface area contributed by atoms with E-state index in [2.05, 4.69) is 49.2 Å². The monoisotopic (exact) mass is 381 g/mol. The van der Waals surface area contributed by atoms with Crippen LogP contribution >= 0.6 is 0 Å². The summed E-state index contributed by atoms with van der Waals surface area (Å²) < 4.78 is 3.31. The van der Waals surface area contributed by atoms with Crippen molar-refractivity contribution in [1.82, 2.24) is 34.3 Å². The number of fused-ring (bicyclic) bond motifs is 2. The Morgan fingerprint density at radius 3 is 2.89 bits per heavy atom. The quantitative estimate of drug-likeness (QED) is 0.462. The topological polar surface area (TPSA) is 109 Å². The fraction of sp³-hybridized carbons (Fsp3) is 0.389. The zero-order valence-electron chi connectivity index (χ0n) is 16.1. The van der Waals surface area contributed by atoms with E-state index >= 15 is 0 Å². The summed E-state index contributed by atoms with van der Waals surface area (Å²) in [6, 6.07) is 3.64. The highest BCUT2D eigenvalue weighted by atomic mass is 16.3. The van der Waals surface area contributed by atoms with E-state index in [-0.39, 0.29) is 6.54 Å². The number of nitrogens with zero attached hydrogens (tertiary/aromatic N) is 8. The predicted molar refractivity (Wildman–Crippen MR) is 106 cm³/mol. The molecule has 0 aliphatic heterocycles. The number of aliphatic hydroxyl groups is 1. The number of rotatable bonds is 7. The van der Waals surface area contributed by atoms with Gasteiger partial charge in [0, 0.05) is 31.5 Å². The first-order valence-corrected chi connectivity index (χ1v) is 9.13. The molecule has 0 saturated heterocycles. The minimum Gasteiger partial charge on any atom is -0.372 e. The number of hydrogen-bond acceptors (Lipinski definition) is 8. The predicted octanol–water partition coefficient (Wildman–Crippen LogP) is 1.39. The van der Waals surface area contributed by atoms with Crippen molar-refractivity contribution in [3.8, 4) is 0 Å². The molecule has 2 N–H and O–H groups in total. The average molecular weight is 381 g/mol. The molecule has 0 saturated carbocycles. The van der Waals surface area contributed by atoms with Gasteiger partial charge in [0.25, 0.3) is 0 Å². The molecule has 1 unspecified atom stereocenters. The number of anilines is 2. The summed E-state index contributed by atoms with van der Waals surface area (Å²) in [7, 11) is 1.99. The van der Waals surface area contributed by atoms with Crippen LogP contribution in [-0.2, 0) is 6.54 Å². The molecule has 0 bridgehead atoms. The second-order valence-corrected chi connectivity index (χ2v) is 7.18. The standard InChI is InChI=1S/C18H23N9O/c1-12(2)9-25(3)16-8-19-14-7-21-27(18(14)24-16)10-17(28)23-13-4-5-26-15(6-13)20-11-22-26/h4-8,11-12,17,23,28H,9-10H2,1-3H3. The van der Waals surface area contributed by atoms with Gasteiger partial charge in [0.15, 0.2) is 11.3 Å². The first-order chi connectivity index (χ1) is 13.5. The van der Waals surface area contributed by atoms with Crippen molar-refractivity contribution >= 4 is 28.3 Å². The molecule has 0 amide bonds. The molecule has 1 atom stereocenters. The van der Waals surface area contributed by atoms with Gasteiger partial charge in [-0.25, -0.2) is 24.1 Å². The Morgan fingerprint density at radius 2 is 2.07 bits per heavy atom. The molecule has 10 nitrogen and oxygen atoms in total. The van der Waals surface area contributed by atoms with E-state index in [0.717, 1.165) is 18.1 Å². The van der Waals surface area contributed by atoms with Crippen LogP contribution in [0, 0.1) is 5.92 Å². The molecule has 0 aliphatic carbocycles. The summed E-state index contributed by atoms with van der Waals surface area (Å²) in [6.45, 7) is 5.42. The van der Waals surface area contributed by atoms with Crippen LogP contribution in [0.5, 0.6) is 0 Å². The maximum atomic E-state index is 10.5. The van der Waals surface area contributed by atoms with Crippen LogP contribution < -0.4 is 10.2 Å². The van der Waals surface area contributed by atoms with Crippen molar-refractivity contribution < 1.29 is 5.11 Å². The molecule has 10 heteroatoms. The largest absolute Gasteiger partial charge is 0.372 e. The maximum absolute atomic E-state index is 10.5. The van der Waals surface area contributed by atoms with Crippen LogP contribution in [0.2, 0.25) is 0 Å². The molecule has 28 heavy (non-hydrogen) atoms. The van der Waals surface area contributed by atoms with Gasteiger partial charge in [0.05, 0.1) is 18.9 Å². The van der Waals surface area contributed by atoms with Crippen molar-refractivity contribution in [3.05, 3.63) is 37.1 Å². The molecular formula is C18H23N9O. The molecule has 4 heterocycles. The number of hydrogen-bond donors (Lipinski definition) is 2. The van der Waals surface area contributed by atoms with Gasteiger partial charge in [-0.2, -0.15) is 10.2 Å². The summed E-state index contributed by atoms with van der Waals surface area (Å²) >= 11 is 0. The normalized spacial score (nSPS) is 12.8. The molecule has 0 spiro atoms. The molecule has 4 aromatic heterocycles. The summed E-state index contributed by atoms with van der Waals surface area (Å²) in [5, 5.41) is 21.9. The molecule has 4 rings (SSSR count). The van der Waals surface area contributed by atoms with E-state index in [4.69, 9.17) is 0 Å². The van der Waals surface area contributed by atoms with Gasteiger partial charge in [-0.15, -0.1) is 0 Å². The van der Waals surface area contributed by atoms with Crippen LogP contribution in [0.15, 0.2) is 37.1 Å². The second kappa shape index (κ2) is 7.39. The van der Waals surface area contributed by atoms with Crippen LogP contribution in [0.1, 0.15) is 13.8 Å². The molecule has 0 radical (unpaired) electrons. The Hall–Kier alpha value is -3.27. The van der Waals surface area contributed by atoms with Crippen LogP contribution in [0.25, 0.3) is 16.8 Å². The molecule has 0 aliphatic rings. The smallest absolute Gasteiger partial charge is 0.179 e. The van der Waals surface area contributed by atoms with Crippen LogP contribution in [0.4, 0.5) is 11.5 Å². The minimum atomic E-state index is -0.854. The Bertz CT molecular complexity index is 1090. The lowest BCUT2D eigenvalue weighted by Gasteiger charge is -2.20. The zero-order chi connectivity index (χ0) is 19.7. The van der Waals surface area contributed by atoms with Crippen molar-refractivity contribution in [3.63, 3.8) is 0 Å². The second-order valence-electron chi connectivity index (χ2n) is 7.18. The molecule has 0 aromatic carbocycles. The Morgan fingerprint density at radius 1 is 1.21 bits per heavy atom. The third-order valence-electron chi connectivity index (χ3n) is 4.32. The highest BCUT2D eigenvalue weighted by Crippen LogP contribution is 2.16. The fourth-order valence-electron chi connectivity index (χ4n) is 3.11. The summed E-state index contributed by atoms with van der Waals surface area (Å²) in [4.78, 5) is 15.3. The number of pyridine rings is 1. The highest BCUT2D eigenvalue weighted by Gasteiger charge is 2.13. The molecular weight excluding hydrogens is 358 g/mol. The Labute approximate surface area is 161 Å². The van der Waals surface area contributed by atoms with E-state index in [1.807, 2.05) is 19.2 Å². The number of aromatic nitrogens is 7. The Balaban J connectivity index is 1.51. The van der Waals surface area contributed by atoms with Crippen molar-refractivity contribution in [2.24, 2.45) is 5.92 Å². The SMILES string of the molecule is CC(C)CN(C)c1cnc2cnn(CC(O)Nc3ccn4ncnc4c3)c2n1. The zero-order valence-corrected chi connectivity index (χ0v) is 16.1. The average Bonchev–Trinajstić information content (AvgIpc) is 3.27. The molecule has 4 aromatic rings. The van der Waals surface area contributed by atoms with E-state index < -0.39 is 6.23 Å². The van der Waals surface area contributed by atoms with E-state index in [1.54, 1.807) is 27.8 Å². The highest BCUT2D eigenvalue weighted by molar-refractivity contribution is 5.71. The van der Waals surface area contributed by atoms with E-state index in [1.165, 1.54) is 6.33 Å². The summed E-state index contributed by atoms with van der Waals surface area (Å²) in [5.74, 6) is 1.30. The van der Waals surface area contributed by atoms with Gasteiger partial charge in [0.1, 0.15) is 23.9 Å². The van der Waals surface area contributed by atoms with Gasteiger partial charge in [-0.3, -0.25) is 0 Å². The summed E-state index contributed by atoms with van der Waals surface area (Å²) in [5.41, 5.74) is 2.78. The van der Waals surface area contributed by atoms with E-state index in [0.29, 0.717) is 22.7 Å². The lowest BCUT2D eigenvalue weighted by Crippen LogP contribution is -2.26. The van der Waals surface area contributed by atoms with Gasteiger partial charge in [0.2, 0.25) is 0 Å². The number of aliphatic hydroxyl groups excluding tert-OH is 1. The first-order valence-electron chi connectivity index (χ1n) is 9.13. The third kappa shape index (κ3) is 3.72. The van der Waals surface area contributed by atoms with E-state index in [9.17, 15) is 5.11 Å². The Kier molecular flexibility index (Phi) is 4.78. The lowest BCUT2D eigenvalue weighted by atomic mass is 10.2. The van der Waals surface area contributed by atoms with Gasteiger partial charge in [-0.05, 0) is 12.0 Å². The van der Waals surface area contributed by atoms with Crippen molar-refractivity contribution in [1.29, 1.82) is 0 Å². The fourth-order valence-corrected chi connectivity index (χ4v) is 3.11. The van der Waals surface area contributed by atoms with Gasteiger partial charge < -0.3 is 15.3 Å². The van der Waals surface area contributed by atoms with Crippen molar-refractivity contribution in [2.45, 2.75) is 26.6 Å². The van der Waals surface area contributed by atoms with Gasteiger partial charge >= 0.3 is 0 Å². The van der Waals surface area contributed by atoms with Gasteiger partial charge in [-0.1, -0.05) is 13.8 Å². The maximum Gasteiger partial charge on any atom is 0.179 e. The van der Waals surface area contributed by atoms with Crippen molar-refractivity contribution in [2.75, 3.05) is 23.8 Å². The third-order valence-corrected chi connectivity index (χ3v) is 4.32. The first kappa shape index (κ1) is 18.1. The molecule has 146 valence electrons. The lowest BCUT2D eigenvalue weighted by molar-refractivity contribution is 0.178. The summed E-state index contributed by atoms with van der Waals surface area (Å²) in [6.07, 6.45) is 5.82. The molecule has 0 fully saturated rings. The van der Waals surface area contributed by atoms with Crippen LogP contribution in [0.3, 0.4) is 0 Å². The minimum absolute atomic E-state index is 0.230. The number of nitrogens with one attached hydrogen (secondary N) is 1. The van der Waals surface area contributed by atoms with Crippen LogP contribution in [-0.4, -0.2) is 59.3 Å².